The SMILES string of the molecule is CN1CCN(c2ccc(-c3ccc4[nH]c5nccc(C=Cc6ccccc6F)c5c4c3)cc2)CC1. The highest BCUT2D eigenvalue weighted by Gasteiger charge is 2.15. The van der Waals surface area contributed by atoms with Crippen LogP contribution in [0.4, 0.5) is 10.1 Å². The summed E-state index contributed by atoms with van der Waals surface area (Å²) in [6.07, 6.45) is 5.58. The number of anilines is 1. The normalized spacial score (nSPS) is 15.0. The number of nitrogens with zero attached hydrogens (tertiary/aromatic N) is 3. The Morgan fingerprint density at radius 2 is 1.57 bits per heavy atom. The molecule has 2 aromatic heterocycles. The van der Waals surface area contributed by atoms with Crippen LogP contribution in [0.3, 0.4) is 0 Å². The van der Waals surface area contributed by atoms with Crippen molar-refractivity contribution < 1.29 is 4.39 Å². The maximum Gasteiger partial charge on any atom is 0.138 e. The van der Waals surface area contributed by atoms with Crippen molar-refractivity contribution in [3.8, 4) is 11.1 Å². The number of rotatable bonds is 4. The number of likely N-dealkylation sites (N-methyl/N-ethyl adjacent to an activating group) is 1. The summed E-state index contributed by atoms with van der Waals surface area (Å²) in [6, 6.07) is 24.1. The summed E-state index contributed by atoms with van der Waals surface area (Å²) in [6.45, 7) is 4.32. The molecule has 1 aliphatic heterocycles. The van der Waals surface area contributed by atoms with Crippen LogP contribution in [0.15, 0.2) is 79.0 Å². The maximum atomic E-state index is 14.1. The monoisotopic (exact) mass is 462 g/mol. The van der Waals surface area contributed by atoms with Crippen LogP contribution in [0, 0.1) is 5.82 Å². The van der Waals surface area contributed by atoms with Crippen LogP contribution < -0.4 is 4.90 Å². The van der Waals surface area contributed by atoms with Crippen LogP contribution in [-0.4, -0.2) is 48.1 Å². The van der Waals surface area contributed by atoms with Gasteiger partial charge in [-0.1, -0.05) is 48.6 Å². The molecule has 1 saturated heterocycles. The van der Waals surface area contributed by atoms with Gasteiger partial charge >= 0.3 is 0 Å². The summed E-state index contributed by atoms with van der Waals surface area (Å²) in [7, 11) is 2.18. The Hall–Kier alpha value is -3.96. The number of piperazine rings is 1. The fourth-order valence-corrected chi connectivity index (χ4v) is 4.88. The van der Waals surface area contributed by atoms with Crippen LogP contribution in [0.2, 0.25) is 0 Å². The highest BCUT2D eigenvalue weighted by Crippen LogP contribution is 2.33. The van der Waals surface area contributed by atoms with Gasteiger partial charge in [-0.3, -0.25) is 0 Å². The Morgan fingerprint density at radius 3 is 2.37 bits per heavy atom. The van der Waals surface area contributed by atoms with Gasteiger partial charge in [0.1, 0.15) is 11.5 Å². The zero-order valence-electron chi connectivity index (χ0n) is 19.7. The molecule has 35 heavy (non-hydrogen) atoms. The molecule has 0 amide bonds. The van der Waals surface area contributed by atoms with Gasteiger partial charge in [-0.15, -0.1) is 0 Å². The Morgan fingerprint density at radius 1 is 0.829 bits per heavy atom. The topological polar surface area (TPSA) is 35.2 Å². The van der Waals surface area contributed by atoms with E-state index < -0.39 is 0 Å². The third kappa shape index (κ3) is 4.19. The minimum Gasteiger partial charge on any atom is -0.369 e. The van der Waals surface area contributed by atoms with Gasteiger partial charge in [0.05, 0.1) is 0 Å². The predicted octanol–water partition coefficient (Wildman–Crippen LogP) is 6.44. The van der Waals surface area contributed by atoms with Gasteiger partial charge in [-0.2, -0.15) is 0 Å². The van der Waals surface area contributed by atoms with Crippen LogP contribution in [0.1, 0.15) is 11.1 Å². The third-order valence-electron chi connectivity index (χ3n) is 6.94. The van der Waals surface area contributed by atoms with Crippen molar-refractivity contribution in [1.82, 2.24) is 14.9 Å². The quantitative estimate of drug-likeness (QED) is 0.334. The minimum atomic E-state index is -0.227. The summed E-state index contributed by atoms with van der Waals surface area (Å²) in [5.74, 6) is -0.227. The van der Waals surface area contributed by atoms with E-state index in [0.29, 0.717) is 5.56 Å². The van der Waals surface area contributed by atoms with Crippen molar-refractivity contribution in [3.63, 3.8) is 0 Å². The lowest BCUT2D eigenvalue weighted by molar-refractivity contribution is 0.313. The van der Waals surface area contributed by atoms with E-state index in [1.165, 1.54) is 17.3 Å². The highest BCUT2D eigenvalue weighted by molar-refractivity contribution is 6.11. The number of H-pyrrole nitrogens is 1. The van der Waals surface area contributed by atoms with E-state index in [-0.39, 0.29) is 5.82 Å². The van der Waals surface area contributed by atoms with Crippen LogP contribution >= 0.6 is 0 Å². The molecule has 0 aliphatic carbocycles. The molecule has 4 nitrogen and oxygen atoms in total. The molecular formula is C30H27FN4. The number of benzene rings is 3. The number of fused-ring (bicyclic) bond motifs is 3. The van der Waals surface area contributed by atoms with E-state index in [0.717, 1.165) is 59.2 Å². The van der Waals surface area contributed by atoms with Crippen molar-refractivity contribution in [2.24, 2.45) is 0 Å². The molecule has 0 bridgehead atoms. The van der Waals surface area contributed by atoms with Crippen molar-refractivity contribution >= 4 is 39.8 Å². The second-order valence-electron chi connectivity index (χ2n) is 9.20. The molecule has 6 rings (SSSR count). The molecular weight excluding hydrogens is 435 g/mol. The predicted molar refractivity (Wildman–Crippen MR) is 144 cm³/mol. The number of nitrogens with one attached hydrogen (secondary N) is 1. The number of aromatic amines is 1. The smallest absolute Gasteiger partial charge is 0.138 e. The lowest BCUT2D eigenvalue weighted by atomic mass is 10.0. The largest absolute Gasteiger partial charge is 0.369 e. The average molecular weight is 463 g/mol. The molecule has 174 valence electrons. The van der Waals surface area contributed by atoms with Gasteiger partial charge in [0, 0.05) is 59.9 Å². The van der Waals surface area contributed by atoms with E-state index in [2.05, 4.69) is 69.3 Å². The average Bonchev–Trinajstić information content (AvgIpc) is 3.27. The highest BCUT2D eigenvalue weighted by atomic mass is 19.1. The van der Waals surface area contributed by atoms with Gasteiger partial charge in [-0.25, -0.2) is 9.37 Å². The zero-order chi connectivity index (χ0) is 23.8. The second kappa shape index (κ2) is 9.01. The van der Waals surface area contributed by atoms with Crippen LogP contribution in [0.5, 0.6) is 0 Å². The molecule has 5 heteroatoms. The van der Waals surface area contributed by atoms with Crippen molar-refractivity contribution in [2.45, 2.75) is 0 Å². The van der Waals surface area contributed by atoms with Gasteiger partial charge in [0.25, 0.3) is 0 Å². The summed E-state index contributed by atoms with van der Waals surface area (Å²) < 4.78 is 14.1. The molecule has 1 fully saturated rings. The van der Waals surface area contributed by atoms with Crippen LogP contribution in [-0.2, 0) is 0 Å². The molecule has 0 atom stereocenters. The lowest BCUT2D eigenvalue weighted by Crippen LogP contribution is -2.44. The molecule has 5 aromatic rings. The molecule has 1 N–H and O–H groups in total. The Kier molecular flexibility index (Phi) is 5.55. The molecule has 1 aliphatic rings. The Bertz CT molecular complexity index is 1530. The lowest BCUT2D eigenvalue weighted by Gasteiger charge is -2.34. The molecule has 0 saturated carbocycles. The van der Waals surface area contributed by atoms with E-state index in [1.54, 1.807) is 18.3 Å². The van der Waals surface area contributed by atoms with Crippen molar-refractivity contribution in [1.29, 1.82) is 0 Å². The third-order valence-corrected chi connectivity index (χ3v) is 6.94. The summed E-state index contributed by atoms with van der Waals surface area (Å²) in [5.41, 5.74) is 7.07. The molecule has 0 radical (unpaired) electrons. The number of aromatic nitrogens is 2. The second-order valence-corrected chi connectivity index (χ2v) is 9.20. The fraction of sp³-hybridized carbons (Fsp3) is 0.167. The van der Waals surface area contributed by atoms with Gasteiger partial charge < -0.3 is 14.8 Å². The summed E-state index contributed by atoms with van der Waals surface area (Å²) >= 11 is 0. The van der Waals surface area contributed by atoms with E-state index in [1.807, 2.05) is 24.3 Å². The first-order chi connectivity index (χ1) is 17.2. The zero-order valence-corrected chi connectivity index (χ0v) is 19.7. The standard InChI is InChI=1S/C30H27FN4/c1-34-16-18-35(19-17-34)25-11-8-21(9-12-25)24-10-13-28-26(20-24)29-23(14-15-32-30(29)33-28)7-6-22-4-2-3-5-27(22)31/h2-15,20H,16-19H2,1H3,(H,32,33). The molecule has 0 spiro atoms. The van der Waals surface area contributed by atoms with E-state index in [4.69, 9.17) is 0 Å². The number of pyridine rings is 1. The molecule has 3 aromatic carbocycles. The minimum absolute atomic E-state index is 0.227. The summed E-state index contributed by atoms with van der Waals surface area (Å²) in [4.78, 5) is 12.8. The first-order valence-electron chi connectivity index (χ1n) is 12.0. The van der Waals surface area contributed by atoms with Gasteiger partial charge in [-0.05, 0) is 60.1 Å². The maximum absolute atomic E-state index is 14.1. The van der Waals surface area contributed by atoms with Gasteiger partial charge in [0.15, 0.2) is 0 Å². The van der Waals surface area contributed by atoms with Crippen LogP contribution in [0.25, 0.3) is 45.2 Å². The Labute approximate surface area is 204 Å². The van der Waals surface area contributed by atoms with Gasteiger partial charge in [0.2, 0.25) is 0 Å². The number of hydrogen-bond donors (Lipinski definition) is 1. The van der Waals surface area contributed by atoms with Crippen molar-refractivity contribution in [3.05, 3.63) is 95.9 Å². The first-order valence-corrected chi connectivity index (χ1v) is 12.0. The Balaban J connectivity index is 1.36. The van der Waals surface area contributed by atoms with Crippen molar-refractivity contribution in [2.75, 3.05) is 38.1 Å². The number of halogens is 1. The number of hydrogen-bond acceptors (Lipinski definition) is 3. The first kappa shape index (κ1) is 21.6. The summed E-state index contributed by atoms with van der Waals surface area (Å²) in [5, 5.41) is 2.16. The fourth-order valence-electron chi connectivity index (χ4n) is 4.88. The van der Waals surface area contributed by atoms with E-state index in [9.17, 15) is 4.39 Å². The molecule has 3 heterocycles. The molecule has 0 unspecified atom stereocenters. The van der Waals surface area contributed by atoms with E-state index >= 15 is 0 Å².